The van der Waals surface area contributed by atoms with Crippen molar-refractivity contribution in [3.05, 3.63) is 59.1 Å². The second kappa shape index (κ2) is 9.02. The molecule has 11 heteroatoms. The highest BCUT2D eigenvalue weighted by Crippen LogP contribution is 2.29. The zero-order valence-electron chi connectivity index (χ0n) is 17.0. The predicted octanol–water partition coefficient (Wildman–Crippen LogP) is 3.95. The van der Waals surface area contributed by atoms with Gasteiger partial charge >= 0.3 is 18.2 Å². The van der Waals surface area contributed by atoms with Gasteiger partial charge in [-0.1, -0.05) is 23.4 Å². The Hall–Kier alpha value is -3.63. The topological polar surface area (TPSA) is 93.4 Å². The Kier molecular flexibility index (Phi) is 6.42. The van der Waals surface area contributed by atoms with Crippen molar-refractivity contribution in [1.29, 1.82) is 0 Å². The van der Waals surface area contributed by atoms with E-state index >= 15 is 0 Å². The van der Waals surface area contributed by atoms with E-state index in [0.717, 1.165) is 16.7 Å². The number of ether oxygens (including phenoxy) is 1. The molecule has 0 aliphatic rings. The number of hydrogen-bond donors (Lipinski definition) is 1. The van der Waals surface area contributed by atoms with Gasteiger partial charge in [0.15, 0.2) is 0 Å². The summed E-state index contributed by atoms with van der Waals surface area (Å²) >= 11 is 0. The number of carbonyl (C=O) groups is 1. The van der Waals surface area contributed by atoms with Gasteiger partial charge in [0.2, 0.25) is 5.82 Å². The van der Waals surface area contributed by atoms with Gasteiger partial charge in [0.05, 0.1) is 0 Å². The van der Waals surface area contributed by atoms with Gasteiger partial charge in [-0.2, -0.15) is 18.2 Å². The summed E-state index contributed by atoms with van der Waals surface area (Å²) in [7, 11) is 3.69. The second-order valence-electron chi connectivity index (χ2n) is 6.87. The summed E-state index contributed by atoms with van der Waals surface area (Å²) in [6.45, 7) is 2.00. The van der Waals surface area contributed by atoms with Crippen LogP contribution in [0, 0.1) is 6.92 Å². The number of nitrogens with one attached hydrogen (secondary N) is 1. The summed E-state index contributed by atoms with van der Waals surface area (Å²) in [4.78, 5) is 21.5. The highest BCUT2D eigenvalue weighted by atomic mass is 19.4. The fraction of sp³-hybridized carbons (Fsp3) is 0.300. The van der Waals surface area contributed by atoms with Crippen molar-refractivity contribution in [3.63, 3.8) is 0 Å². The fourth-order valence-corrected chi connectivity index (χ4v) is 2.80. The molecule has 31 heavy (non-hydrogen) atoms. The van der Waals surface area contributed by atoms with Crippen molar-refractivity contribution >= 4 is 11.9 Å². The smallest absolute Gasteiger partial charge is 0.445 e. The summed E-state index contributed by atoms with van der Waals surface area (Å²) in [5.41, 5.74) is 2.63. The van der Waals surface area contributed by atoms with Crippen LogP contribution in [0.25, 0.3) is 11.4 Å². The van der Waals surface area contributed by atoms with Crippen LogP contribution in [-0.4, -0.2) is 35.3 Å². The minimum Gasteiger partial charge on any atom is -0.445 e. The normalized spacial score (nSPS) is 11.3. The molecule has 0 saturated heterocycles. The molecule has 3 aromatic rings. The van der Waals surface area contributed by atoms with Crippen molar-refractivity contribution in [2.75, 3.05) is 19.0 Å². The van der Waals surface area contributed by atoms with Gasteiger partial charge in [0.1, 0.15) is 12.4 Å². The lowest BCUT2D eigenvalue weighted by Gasteiger charge is -2.16. The van der Waals surface area contributed by atoms with Gasteiger partial charge in [-0.25, -0.2) is 9.78 Å². The molecule has 2 heterocycles. The zero-order chi connectivity index (χ0) is 22.6. The lowest BCUT2D eigenvalue weighted by molar-refractivity contribution is -0.159. The minimum absolute atomic E-state index is 0.0600. The summed E-state index contributed by atoms with van der Waals surface area (Å²) in [5, 5.41) is 6.01. The molecule has 2 aromatic heterocycles. The molecule has 1 amide bonds. The van der Waals surface area contributed by atoms with E-state index in [1.54, 1.807) is 37.4 Å². The van der Waals surface area contributed by atoms with E-state index in [-0.39, 0.29) is 19.0 Å². The first-order chi connectivity index (χ1) is 14.6. The standard InChI is InChI=1S/C20H20F3N5O3/c1-12-9-13(16-26-18(31-27-16)20(21,22)23)6-7-14(12)10-25-19(29)30-11-15-5-4-8-24-17(15)28(2)3/h4-9H,10-11H2,1-3H3,(H,25,29). The number of aromatic nitrogens is 3. The number of alkyl halides is 3. The average Bonchev–Trinajstić information content (AvgIpc) is 3.22. The molecule has 8 nitrogen and oxygen atoms in total. The number of pyridine rings is 1. The van der Waals surface area contributed by atoms with Gasteiger partial charge in [0, 0.05) is 38.0 Å². The van der Waals surface area contributed by atoms with Crippen molar-refractivity contribution in [2.24, 2.45) is 0 Å². The third kappa shape index (κ3) is 5.50. The molecule has 0 unspecified atom stereocenters. The summed E-state index contributed by atoms with van der Waals surface area (Å²) < 4.78 is 47.3. The van der Waals surface area contributed by atoms with Gasteiger partial charge in [-0.05, 0) is 30.2 Å². The summed E-state index contributed by atoms with van der Waals surface area (Å²) in [6, 6.07) is 8.42. The van der Waals surface area contributed by atoms with Crippen LogP contribution in [0.2, 0.25) is 0 Å². The Bertz CT molecular complexity index is 1070. The quantitative estimate of drug-likeness (QED) is 0.627. The maximum Gasteiger partial charge on any atom is 0.471 e. The Balaban J connectivity index is 1.58. The van der Waals surface area contributed by atoms with Crippen molar-refractivity contribution < 1.29 is 27.2 Å². The maximum absolute atomic E-state index is 12.6. The molecule has 0 aliphatic heterocycles. The Morgan fingerprint density at radius 3 is 2.65 bits per heavy atom. The number of nitrogens with zero attached hydrogens (tertiary/aromatic N) is 4. The maximum atomic E-state index is 12.6. The third-order valence-electron chi connectivity index (χ3n) is 4.34. The number of amides is 1. The van der Waals surface area contributed by atoms with Crippen molar-refractivity contribution in [2.45, 2.75) is 26.3 Å². The molecule has 0 bridgehead atoms. The first-order valence-corrected chi connectivity index (χ1v) is 9.18. The van der Waals surface area contributed by atoms with E-state index in [1.165, 1.54) is 0 Å². The number of anilines is 1. The second-order valence-corrected chi connectivity index (χ2v) is 6.87. The summed E-state index contributed by atoms with van der Waals surface area (Å²) in [5.74, 6) is -0.862. The molecular weight excluding hydrogens is 415 g/mol. The van der Waals surface area contributed by atoms with Gasteiger partial charge < -0.3 is 19.5 Å². The first kappa shape index (κ1) is 22.1. The predicted molar refractivity (Wildman–Crippen MR) is 105 cm³/mol. The number of hydrogen-bond acceptors (Lipinski definition) is 7. The van der Waals surface area contributed by atoms with Crippen LogP contribution in [0.4, 0.5) is 23.8 Å². The van der Waals surface area contributed by atoms with Crippen LogP contribution in [0.3, 0.4) is 0 Å². The number of aryl methyl sites for hydroxylation is 1. The van der Waals surface area contributed by atoms with E-state index in [1.807, 2.05) is 25.1 Å². The third-order valence-corrected chi connectivity index (χ3v) is 4.34. The van der Waals surface area contributed by atoms with E-state index in [4.69, 9.17) is 4.74 Å². The zero-order valence-corrected chi connectivity index (χ0v) is 17.0. The number of halogens is 3. The number of rotatable bonds is 6. The molecule has 1 aromatic carbocycles. The minimum atomic E-state index is -4.70. The molecule has 0 fully saturated rings. The van der Waals surface area contributed by atoms with Gasteiger partial charge in [-0.3, -0.25) is 0 Å². The van der Waals surface area contributed by atoms with Crippen LogP contribution in [-0.2, 0) is 24.1 Å². The fourth-order valence-electron chi connectivity index (χ4n) is 2.80. The SMILES string of the molecule is Cc1cc(-c2noc(C(F)(F)F)n2)ccc1CNC(=O)OCc1cccnc1N(C)C. The van der Waals surface area contributed by atoms with Crippen molar-refractivity contribution in [3.8, 4) is 11.4 Å². The van der Waals surface area contributed by atoms with Crippen LogP contribution in [0.1, 0.15) is 22.6 Å². The molecule has 0 saturated carbocycles. The molecule has 164 valence electrons. The summed E-state index contributed by atoms with van der Waals surface area (Å²) in [6.07, 6.45) is -3.65. The molecule has 0 radical (unpaired) electrons. The van der Waals surface area contributed by atoms with E-state index in [0.29, 0.717) is 11.4 Å². The van der Waals surface area contributed by atoms with Crippen LogP contribution < -0.4 is 10.2 Å². The van der Waals surface area contributed by atoms with Crippen LogP contribution in [0.15, 0.2) is 41.1 Å². The van der Waals surface area contributed by atoms with Gasteiger partial charge in [-0.15, -0.1) is 0 Å². The highest BCUT2D eigenvalue weighted by Gasteiger charge is 2.38. The Labute approximate surface area is 176 Å². The largest absolute Gasteiger partial charge is 0.471 e. The molecule has 0 atom stereocenters. The molecule has 0 aliphatic carbocycles. The average molecular weight is 435 g/mol. The van der Waals surface area contributed by atoms with E-state index in [9.17, 15) is 18.0 Å². The highest BCUT2D eigenvalue weighted by molar-refractivity contribution is 5.67. The Morgan fingerprint density at radius 2 is 2.00 bits per heavy atom. The molecule has 3 rings (SSSR count). The van der Waals surface area contributed by atoms with Gasteiger partial charge in [0.25, 0.3) is 0 Å². The molecular formula is C20H20F3N5O3. The number of alkyl carbamates (subject to hydrolysis) is 1. The molecule has 1 N–H and O–H groups in total. The number of carbonyl (C=O) groups excluding carboxylic acids is 1. The van der Waals surface area contributed by atoms with Crippen LogP contribution >= 0.6 is 0 Å². The van der Waals surface area contributed by atoms with Crippen molar-refractivity contribution in [1.82, 2.24) is 20.4 Å². The lowest BCUT2D eigenvalue weighted by atomic mass is 10.0. The number of benzene rings is 1. The monoisotopic (exact) mass is 435 g/mol. The molecule has 0 spiro atoms. The lowest BCUT2D eigenvalue weighted by Crippen LogP contribution is -2.24. The first-order valence-electron chi connectivity index (χ1n) is 9.18. The van der Waals surface area contributed by atoms with E-state index < -0.39 is 18.2 Å². The van der Waals surface area contributed by atoms with E-state index in [2.05, 4.69) is 25.0 Å². The Morgan fingerprint density at radius 1 is 1.23 bits per heavy atom. The van der Waals surface area contributed by atoms with Crippen LogP contribution in [0.5, 0.6) is 0 Å².